The molecule has 1 aliphatic heterocycles. The Balaban J connectivity index is 1.99. The van der Waals surface area contributed by atoms with Gasteiger partial charge in [-0.15, -0.1) is 0 Å². The van der Waals surface area contributed by atoms with Crippen molar-refractivity contribution < 1.29 is 4.74 Å². The van der Waals surface area contributed by atoms with Crippen LogP contribution in [0.3, 0.4) is 0 Å². The molecule has 0 aromatic heterocycles. The molecule has 0 aliphatic carbocycles. The molecular formula is C16H25BrN2O. The second-order valence-corrected chi connectivity index (χ2v) is 6.65. The summed E-state index contributed by atoms with van der Waals surface area (Å²) < 4.78 is 6.23. The van der Waals surface area contributed by atoms with Gasteiger partial charge in [0.2, 0.25) is 0 Å². The predicted molar refractivity (Wildman–Crippen MR) is 88.3 cm³/mol. The van der Waals surface area contributed by atoms with Crippen molar-refractivity contribution in [2.24, 2.45) is 5.92 Å². The molecule has 2 unspecified atom stereocenters. The van der Waals surface area contributed by atoms with E-state index in [4.69, 9.17) is 4.74 Å². The van der Waals surface area contributed by atoms with Gasteiger partial charge >= 0.3 is 0 Å². The molecule has 1 fully saturated rings. The zero-order valence-corrected chi connectivity index (χ0v) is 14.2. The number of rotatable bonds is 6. The molecule has 1 aromatic carbocycles. The van der Waals surface area contributed by atoms with Gasteiger partial charge < -0.3 is 15.0 Å². The molecule has 0 amide bonds. The molecule has 0 radical (unpaired) electrons. The topological polar surface area (TPSA) is 24.5 Å². The first-order valence-corrected chi connectivity index (χ1v) is 8.16. The Kier molecular flexibility index (Phi) is 5.87. The standard InChI is InChI=1S/C16H25BrN2O/c1-12-8-13(2)19(11-12)16-5-4-14(9-15(16)17)10-18-6-7-20-3/h4-5,9,12-13,18H,6-8,10-11H2,1-3H3. The summed E-state index contributed by atoms with van der Waals surface area (Å²) in [6, 6.07) is 7.32. The molecule has 0 spiro atoms. The number of halogens is 1. The summed E-state index contributed by atoms with van der Waals surface area (Å²) in [5.74, 6) is 0.785. The third-order valence-electron chi connectivity index (χ3n) is 3.92. The van der Waals surface area contributed by atoms with Crippen LogP contribution in [0.15, 0.2) is 22.7 Å². The van der Waals surface area contributed by atoms with Crippen molar-refractivity contribution in [3.8, 4) is 0 Å². The van der Waals surface area contributed by atoms with Crippen LogP contribution in [0.1, 0.15) is 25.8 Å². The van der Waals surface area contributed by atoms with E-state index in [2.05, 4.69) is 58.2 Å². The lowest BCUT2D eigenvalue weighted by Gasteiger charge is -2.25. The molecule has 1 aliphatic rings. The molecule has 1 heterocycles. The highest BCUT2D eigenvalue weighted by Crippen LogP contribution is 2.34. The summed E-state index contributed by atoms with van der Waals surface area (Å²) in [5.41, 5.74) is 2.62. The first kappa shape index (κ1) is 15.8. The smallest absolute Gasteiger partial charge is 0.0587 e. The van der Waals surface area contributed by atoms with E-state index >= 15 is 0 Å². The number of benzene rings is 1. The summed E-state index contributed by atoms with van der Waals surface area (Å²) in [6.45, 7) is 8.33. The molecule has 1 aromatic rings. The first-order valence-electron chi connectivity index (χ1n) is 7.36. The Morgan fingerprint density at radius 2 is 2.20 bits per heavy atom. The number of hydrogen-bond acceptors (Lipinski definition) is 3. The van der Waals surface area contributed by atoms with E-state index in [1.807, 2.05) is 0 Å². The van der Waals surface area contributed by atoms with Crippen LogP contribution in [0, 0.1) is 5.92 Å². The summed E-state index contributed by atoms with van der Waals surface area (Å²) in [7, 11) is 1.73. The Hall–Kier alpha value is -0.580. The SMILES string of the molecule is COCCNCc1ccc(N2CC(C)CC2C)c(Br)c1. The fourth-order valence-electron chi connectivity index (χ4n) is 2.94. The normalized spacial score (nSPS) is 22.5. The van der Waals surface area contributed by atoms with Gasteiger partial charge in [-0.25, -0.2) is 0 Å². The average Bonchev–Trinajstić information content (AvgIpc) is 2.74. The Labute approximate surface area is 130 Å². The minimum Gasteiger partial charge on any atom is -0.383 e. The molecule has 0 saturated carbocycles. The molecule has 3 nitrogen and oxygen atoms in total. The molecule has 1 N–H and O–H groups in total. The summed E-state index contributed by atoms with van der Waals surface area (Å²) in [6.07, 6.45) is 1.28. The average molecular weight is 341 g/mol. The molecule has 2 rings (SSSR count). The van der Waals surface area contributed by atoms with Gasteiger partial charge in [0.05, 0.1) is 12.3 Å². The lowest BCUT2D eigenvalue weighted by atomic mass is 10.1. The second-order valence-electron chi connectivity index (χ2n) is 5.80. The van der Waals surface area contributed by atoms with Crippen LogP contribution >= 0.6 is 15.9 Å². The van der Waals surface area contributed by atoms with Crippen LogP contribution in [-0.4, -0.2) is 32.8 Å². The number of nitrogens with one attached hydrogen (secondary N) is 1. The van der Waals surface area contributed by atoms with Crippen LogP contribution in [0.5, 0.6) is 0 Å². The largest absolute Gasteiger partial charge is 0.383 e. The highest BCUT2D eigenvalue weighted by atomic mass is 79.9. The maximum atomic E-state index is 5.03. The van der Waals surface area contributed by atoms with Crippen molar-refractivity contribution in [3.05, 3.63) is 28.2 Å². The van der Waals surface area contributed by atoms with Gasteiger partial charge in [0.25, 0.3) is 0 Å². The van der Waals surface area contributed by atoms with Crippen LogP contribution < -0.4 is 10.2 Å². The van der Waals surface area contributed by atoms with Crippen molar-refractivity contribution in [1.29, 1.82) is 0 Å². The lowest BCUT2D eigenvalue weighted by Crippen LogP contribution is -2.27. The van der Waals surface area contributed by atoms with Gasteiger partial charge in [0, 0.05) is 37.3 Å². The summed E-state index contributed by atoms with van der Waals surface area (Å²) in [4.78, 5) is 2.51. The van der Waals surface area contributed by atoms with Gasteiger partial charge in [-0.3, -0.25) is 0 Å². The molecule has 0 bridgehead atoms. The zero-order valence-electron chi connectivity index (χ0n) is 12.7. The molecular weight excluding hydrogens is 316 g/mol. The molecule has 4 heteroatoms. The fraction of sp³-hybridized carbons (Fsp3) is 0.625. The second kappa shape index (κ2) is 7.43. The Bertz CT molecular complexity index is 438. The van der Waals surface area contributed by atoms with Gasteiger partial charge in [-0.1, -0.05) is 13.0 Å². The van der Waals surface area contributed by atoms with Gasteiger partial charge in [-0.05, 0) is 52.9 Å². The van der Waals surface area contributed by atoms with Crippen LogP contribution in [-0.2, 0) is 11.3 Å². The van der Waals surface area contributed by atoms with Crippen LogP contribution in [0.25, 0.3) is 0 Å². The molecule has 1 saturated heterocycles. The maximum Gasteiger partial charge on any atom is 0.0587 e. The Morgan fingerprint density at radius 3 is 2.80 bits per heavy atom. The third-order valence-corrected chi connectivity index (χ3v) is 4.55. The lowest BCUT2D eigenvalue weighted by molar-refractivity contribution is 0.199. The molecule has 112 valence electrons. The quantitative estimate of drug-likeness (QED) is 0.803. The third kappa shape index (κ3) is 3.96. The number of nitrogens with zero attached hydrogens (tertiary/aromatic N) is 1. The van der Waals surface area contributed by atoms with Crippen molar-refractivity contribution in [2.75, 3.05) is 31.7 Å². The van der Waals surface area contributed by atoms with E-state index in [0.29, 0.717) is 6.04 Å². The number of anilines is 1. The fourth-order valence-corrected chi connectivity index (χ4v) is 3.59. The number of ether oxygens (including phenoxy) is 1. The summed E-state index contributed by atoms with van der Waals surface area (Å²) in [5, 5.41) is 3.38. The number of methoxy groups -OCH3 is 1. The van der Waals surface area contributed by atoms with E-state index in [0.717, 1.165) is 32.2 Å². The summed E-state index contributed by atoms with van der Waals surface area (Å²) >= 11 is 3.73. The highest BCUT2D eigenvalue weighted by molar-refractivity contribution is 9.10. The zero-order chi connectivity index (χ0) is 14.5. The van der Waals surface area contributed by atoms with Crippen LogP contribution in [0.4, 0.5) is 5.69 Å². The van der Waals surface area contributed by atoms with Gasteiger partial charge in [0.1, 0.15) is 0 Å². The van der Waals surface area contributed by atoms with E-state index in [1.54, 1.807) is 7.11 Å². The van der Waals surface area contributed by atoms with Crippen LogP contribution in [0.2, 0.25) is 0 Å². The van der Waals surface area contributed by atoms with E-state index in [9.17, 15) is 0 Å². The van der Waals surface area contributed by atoms with E-state index < -0.39 is 0 Å². The van der Waals surface area contributed by atoms with Gasteiger partial charge in [0.15, 0.2) is 0 Å². The number of hydrogen-bond donors (Lipinski definition) is 1. The molecule has 2 atom stereocenters. The minimum absolute atomic E-state index is 0.631. The van der Waals surface area contributed by atoms with Crippen molar-refractivity contribution in [2.45, 2.75) is 32.9 Å². The predicted octanol–water partition coefficient (Wildman–Crippen LogP) is 3.42. The maximum absolute atomic E-state index is 5.03. The monoisotopic (exact) mass is 340 g/mol. The van der Waals surface area contributed by atoms with E-state index in [1.165, 1.54) is 22.1 Å². The minimum atomic E-state index is 0.631. The highest BCUT2D eigenvalue weighted by Gasteiger charge is 2.27. The first-order chi connectivity index (χ1) is 9.61. The molecule has 20 heavy (non-hydrogen) atoms. The van der Waals surface area contributed by atoms with Crippen molar-refractivity contribution in [3.63, 3.8) is 0 Å². The van der Waals surface area contributed by atoms with E-state index in [-0.39, 0.29) is 0 Å². The van der Waals surface area contributed by atoms with Crippen molar-refractivity contribution in [1.82, 2.24) is 5.32 Å². The van der Waals surface area contributed by atoms with Gasteiger partial charge in [-0.2, -0.15) is 0 Å². The van der Waals surface area contributed by atoms with Crippen molar-refractivity contribution >= 4 is 21.6 Å². The Morgan fingerprint density at radius 1 is 1.40 bits per heavy atom.